The summed E-state index contributed by atoms with van der Waals surface area (Å²) >= 11 is 0. The van der Waals surface area contributed by atoms with Gasteiger partial charge in [-0.05, 0) is 44.4 Å². The van der Waals surface area contributed by atoms with Crippen LogP contribution in [-0.2, 0) is 28.7 Å². The number of carbonyl (C=O) groups excluding carboxylic acids is 5. The number of nitrogens with one attached hydrogen (secondary N) is 3. The maximum Gasteiger partial charge on any atom is 0.522 e. The molecule has 0 aromatic heterocycles. The average Bonchev–Trinajstić information content (AvgIpc) is 3.28. The van der Waals surface area contributed by atoms with Crippen molar-refractivity contribution < 1.29 is 46.6 Å². The van der Waals surface area contributed by atoms with Gasteiger partial charge in [-0.1, -0.05) is 20.8 Å². The number of ether oxygens (including phenoxy) is 2. The van der Waals surface area contributed by atoms with E-state index in [1.165, 1.54) is 4.90 Å². The van der Waals surface area contributed by atoms with E-state index in [9.17, 15) is 37.1 Å². The van der Waals surface area contributed by atoms with Crippen LogP contribution in [0.3, 0.4) is 0 Å². The standard InChI is InChI=1S/C25H37F3N4O7/c1-5-29-22(37)39-18(23(2,3)4)21(36)32-13-24(7-8-24)11-16(32)20(35)31-15(10-14-6-9-30-19(14)34)17(33)12-38-25(26,27)28/h14-16,18H,5-13H2,1-4H3,(H,29,37)(H,30,34)(H,31,35)/t14-,15-,16-,18-/m0/s1. The molecule has 14 heteroatoms. The molecule has 1 spiro atoms. The molecule has 0 radical (unpaired) electrons. The smallest absolute Gasteiger partial charge is 0.436 e. The Bertz CT molecular complexity index is 978. The highest BCUT2D eigenvalue weighted by molar-refractivity contribution is 5.95. The van der Waals surface area contributed by atoms with Crippen molar-refractivity contribution in [2.45, 2.75) is 84.3 Å². The normalized spacial score (nSPS) is 23.7. The lowest BCUT2D eigenvalue weighted by molar-refractivity contribution is -0.321. The number of hydrogen-bond acceptors (Lipinski definition) is 7. The van der Waals surface area contributed by atoms with Gasteiger partial charge in [-0.15, -0.1) is 13.2 Å². The number of likely N-dealkylation sites (tertiary alicyclic amines) is 1. The summed E-state index contributed by atoms with van der Waals surface area (Å²) in [5, 5.41) is 7.58. The molecule has 4 amide bonds. The van der Waals surface area contributed by atoms with E-state index >= 15 is 0 Å². The molecule has 0 aromatic rings. The van der Waals surface area contributed by atoms with Gasteiger partial charge < -0.3 is 25.6 Å². The number of alkyl carbamates (subject to hydrolysis) is 1. The fourth-order valence-corrected chi connectivity index (χ4v) is 5.05. The molecule has 220 valence electrons. The predicted octanol–water partition coefficient (Wildman–Crippen LogP) is 1.64. The highest BCUT2D eigenvalue weighted by Crippen LogP contribution is 2.55. The SMILES string of the molecule is CCNC(=O)O[C@@H](C(=O)N1CC2(CC2)C[C@H]1C(=O)N[C@@H](C[C@@H]1CCNC1=O)C(=O)COC(F)(F)F)C(C)(C)C. The van der Waals surface area contributed by atoms with Crippen molar-refractivity contribution in [1.29, 1.82) is 0 Å². The zero-order valence-corrected chi connectivity index (χ0v) is 22.6. The Morgan fingerprint density at radius 1 is 1.18 bits per heavy atom. The van der Waals surface area contributed by atoms with Gasteiger partial charge >= 0.3 is 12.5 Å². The van der Waals surface area contributed by atoms with E-state index < -0.39 is 66.2 Å². The van der Waals surface area contributed by atoms with Gasteiger partial charge in [0.05, 0.1) is 6.04 Å². The van der Waals surface area contributed by atoms with E-state index in [0.29, 0.717) is 19.4 Å². The lowest BCUT2D eigenvalue weighted by Crippen LogP contribution is -2.56. The molecular formula is C25H37F3N4O7. The third-order valence-corrected chi connectivity index (χ3v) is 7.37. The van der Waals surface area contributed by atoms with Crippen molar-refractivity contribution in [3.05, 3.63) is 0 Å². The average molecular weight is 563 g/mol. The van der Waals surface area contributed by atoms with Crippen molar-refractivity contribution >= 4 is 29.6 Å². The Balaban J connectivity index is 1.80. The van der Waals surface area contributed by atoms with Crippen LogP contribution in [0.1, 0.15) is 59.8 Å². The van der Waals surface area contributed by atoms with Crippen molar-refractivity contribution in [3.63, 3.8) is 0 Å². The molecular weight excluding hydrogens is 525 g/mol. The maximum absolute atomic E-state index is 13.7. The number of halogens is 3. The van der Waals surface area contributed by atoms with E-state index in [1.54, 1.807) is 27.7 Å². The van der Waals surface area contributed by atoms with Gasteiger partial charge in [0.2, 0.25) is 11.8 Å². The first-order valence-corrected chi connectivity index (χ1v) is 13.1. The molecule has 0 aromatic carbocycles. The molecule has 11 nitrogen and oxygen atoms in total. The Hall–Kier alpha value is -2.90. The van der Waals surface area contributed by atoms with Gasteiger partial charge in [0.25, 0.3) is 5.91 Å². The second kappa shape index (κ2) is 11.7. The second-order valence-corrected chi connectivity index (χ2v) is 11.6. The quantitative estimate of drug-likeness (QED) is 0.367. The molecule has 3 rings (SSSR count). The fraction of sp³-hybridized carbons (Fsp3) is 0.800. The monoisotopic (exact) mass is 562 g/mol. The minimum atomic E-state index is -5.05. The van der Waals surface area contributed by atoms with Crippen LogP contribution in [0.4, 0.5) is 18.0 Å². The zero-order valence-electron chi connectivity index (χ0n) is 22.6. The first-order valence-electron chi connectivity index (χ1n) is 13.1. The molecule has 2 aliphatic heterocycles. The van der Waals surface area contributed by atoms with Gasteiger partial charge in [0, 0.05) is 31.0 Å². The number of nitrogens with zero attached hydrogens (tertiary/aromatic N) is 1. The summed E-state index contributed by atoms with van der Waals surface area (Å²) in [5.41, 5.74) is -1.10. The van der Waals surface area contributed by atoms with Gasteiger partial charge in [-0.2, -0.15) is 0 Å². The summed E-state index contributed by atoms with van der Waals surface area (Å²) in [6.45, 7) is 6.40. The number of amides is 4. The predicted molar refractivity (Wildman–Crippen MR) is 130 cm³/mol. The summed E-state index contributed by atoms with van der Waals surface area (Å²) < 4.78 is 46.9. The highest BCUT2D eigenvalue weighted by atomic mass is 19.4. The summed E-state index contributed by atoms with van der Waals surface area (Å²) in [4.78, 5) is 65.5. The maximum atomic E-state index is 13.7. The minimum absolute atomic E-state index is 0.200. The van der Waals surface area contributed by atoms with E-state index in [0.717, 1.165) is 12.8 Å². The molecule has 0 unspecified atom stereocenters. The van der Waals surface area contributed by atoms with Crippen LogP contribution in [-0.4, -0.2) is 85.3 Å². The van der Waals surface area contributed by atoms with Crippen LogP contribution in [0.2, 0.25) is 0 Å². The Morgan fingerprint density at radius 3 is 2.36 bits per heavy atom. The first-order chi connectivity index (χ1) is 18.0. The molecule has 3 aliphatic rings. The molecule has 0 bridgehead atoms. The Morgan fingerprint density at radius 2 is 1.85 bits per heavy atom. The number of rotatable bonds is 10. The Kier molecular flexibility index (Phi) is 9.18. The summed E-state index contributed by atoms with van der Waals surface area (Å²) in [5.74, 6) is -3.36. The highest BCUT2D eigenvalue weighted by Gasteiger charge is 2.57. The molecule has 3 fully saturated rings. The molecule has 1 saturated carbocycles. The van der Waals surface area contributed by atoms with Crippen LogP contribution >= 0.6 is 0 Å². The lowest BCUT2D eigenvalue weighted by atomic mass is 9.88. The second-order valence-electron chi connectivity index (χ2n) is 11.6. The molecule has 2 saturated heterocycles. The molecule has 4 atom stereocenters. The minimum Gasteiger partial charge on any atom is -0.436 e. The van der Waals surface area contributed by atoms with Crippen LogP contribution in [0.15, 0.2) is 0 Å². The third kappa shape index (κ3) is 8.05. The van der Waals surface area contributed by atoms with E-state index in [4.69, 9.17) is 4.74 Å². The van der Waals surface area contributed by atoms with Crippen LogP contribution < -0.4 is 16.0 Å². The first kappa shape index (κ1) is 30.6. The van der Waals surface area contributed by atoms with Crippen molar-refractivity contribution in [1.82, 2.24) is 20.9 Å². The van der Waals surface area contributed by atoms with E-state index in [2.05, 4.69) is 20.7 Å². The van der Waals surface area contributed by atoms with Crippen molar-refractivity contribution in [2.24, 2.45) is 16.7 Å². The Labute approximate surface area is 224 Å². The zero-order chi connectivity index (χ0) is 29.2. The summed E-state index contributed by atoms with van der Waals surface area (Å²) in [7, 11) is 0. The van der Waals surface area contributed by atoms with Crippen molar-refractivity contribution in [3.8, 4) is 0 Å². The van der Waals surface area contributed by atoms with Gasteiger partial charge in [0.1, 0.15) is 12.6 Å². The number of alkyl halides is 3. The fourth-order valence-electron chi connectivity index (χ4n) is 5.05. The third-order valence-electron chi connectivity index (χ3n) is 7.37. The molecule has 1 aliphatic carbocycles. The van der Waals surface area contributed by atoms with E-state index in [-0.39, 0.29) is 30.8 Å². The largest absolute Gasteiger partial charge is 0.522 e. The van der Waals surface area contributed by atoms with Gasteiger partial charge in [0.15, 0.2) is 11.9 Å². The van der Waals surface area contributed by atoms with Gasteiger partial charge in [-0.3, -0.25) is 23.9 Å². The van der Waals surface area contributed by atoms with Crippen molar-refractivity contribution in [2.75, 3.05) is 26.2 Å². The van der Waals surface area contributed by atoms with E-state index in [1.807, 2.05) is 0 Å². The van der Waals surface area contributed by atoms with Crippen LogP contribution in [0.25, 0.3) is 0 Å². The topological polar surface area (TPSA) is 143 Å². The number of Topliss-reactive ketones (excluding diaryl/α,β-unsaturated/α-hetero) is 1. The molecule has 3 N–H and O–H groups in total. The summed E-state index contributed by atoms with van der Waals surface area (Å²) in [6, 6.07) is -2.45. The number of carbonyl (C=O) groups is 5. The number of ketones is 1. The number of hydrogen-bond donors (Lipinski definition) is 3. The lowest BCUT2D eigenvalue weighted by Gasteiger charge is -2.34. The van der Waals surface area contributed by atoms with Crippen LogP contribution in [0, 0.1) is 16.7 Å². The van der Waals surface area contributed by atoms with Gasteiger partial charge in [-0.25, -0.2) is 4.79 Å². The molecule has 39 heavy (non-hydrogen) atoms. The molecule has 2 heterocycles. The van der Waals surface area contributed by atoms with Crippen LogP contribution in [0.5, 0.6) is 0 Å². The summed E-state index contributed by atoms with van der Waals surface area (Å²) in [6.07, 6.45) is -5.02.